The Kier molecular flexibility index (Phi) is 5.18. The van der Waals surface area contributed by atoms with Gasteiger partial charge in [-0.1, -0.05) is 6.92 Å². The second-order valence-electron chi connectivity index (χ2n) is 7.47. The molecule has 0 aromatic heterocycles. The van der Waals surface area contributed by atoms with Crippen LogP contribution in [0.25, 0.3) is 0 Å². The van der Waals surface area contributed by atoms with Crippen LogP contribution in [0.5, 0.6) is 0 Å². The van der Waals surface area contributed by atoms with Crippen molar-refractivity contribution in [2.45, 2.75) is 64.8 Å². The van der Waals surface area contributed by atoms with E-state index in [2.05, 4.69) is 0 Å². The highest BCUT2D eigenvalue weighted by molar-refractivity contribution is 5.88. The summed E-state index contributed by atoms with van der Waals surface area (Å²) in [6, 6.07) is 0. The van der Waals surface area contributed by atoms with Crippen molar-refractivity contribution in [3.8, 4) is 0 Å². The SMILES string of the molecule is CC(=O)C1CC2C(C(=O)O)=COC(OC3OC(C)CCC3O)C2C1C. The van der Waals surface area contributed by atoms with E-state index in [1.807, 2.05) is 13.8 Å². The number of aliphatic hydroxyl groups is 1. The fraction of sp³-hybridized carbons (Fsp3) is 0.778. The molecule has 8 atom stereocenters. The molecule has 2 fully saturated rings. The summed E-state index contributed by atoms with van der Waals surface area (Å²) in [6.45, 7) is 5.39. The summed E-state index contributed by atoms with van der Waals surface area (Å²) in [6.07, 6.45) is 0.719. The molecular weight excluding hydrogens is 328 g/mol. The molecule has 1 saturated heterocycles. The molecule has 8 unspecified atom stereocenters. The molecule has 0 spiro atoms. The van der Waals surface area contributed by atoms with E-state index in [0.29, 0.717) is 12.8 Å². The molecule has 3 rings (SSSR count). The number of aliphatic hydroxyl groups excluding tert-OH is 1. The highest BCUT2D eigenvalue weighted by atomic mass is 16.8. The van der Waals surface area contributed by atoms with Gasteiger partial charge in [0.05, 0.1) is 17.9 Å². The first-order valence-corrected chi connectivity index (χ1v) is 8.87. The lowest BCUT2D eigenvalue weighted by atomic mass is 9.83. The molecule has 7 heteroatoms. The summed E-state index contributed by atoms with van der Waals surface area (Å²) in [7, 11) is 0. The highest BCUT2D eigenvalue weighted by Gasteiger charge is 2.53. The number of carbonyl (C=O) groups is 2. The minimum absolute atomic E-state index is 0.0242. The normalized spacial score (nSPS) is 43.8. The van der Waals surface area contributed by atoms with Crippen LogP contribution < -0.4 is 0 Å². The van der Waals surface area contributed by atoms with Gasteiger partial charge in [-0.25, -0.2) is 4.79 Å². The Morgan fingerprint density at radius 3 is 2.60 bits per heavy atom. The van der Waals surface area contributed by atoms with Gasteiger partial charge in [-0.2, -0.15) is 0 Å². The number of carbonyl (C=O) groups excluding carboxylic acids is 1. The maximum Gasteiger partial charge on any atom is 0.334 e. The summed E-state index contributed by atoms with van der Waals surface area (Å²) < 4.78 is 17.2. The van der Waals surface area contributed by atoms with Crippen LogP contribution in [-0.4, -0.2) is 46.8 Å². The summed E-state index contributed by atoms with van der Waals surface area (Å²) in [5.41, 5.74) is 0.180. The van der Waals surface area contributed by atoms with Gasteiger partial charge in [-0.05, 0) is 39.0 Å². The monoisotopic (exact) mass is 354 g/mol. The largest absolute Gasteiger partial charge is 0.478 e. The van der Waals surface area contributed by atoms with Crippen molar-refractivity contribution in [2.24, 2.45) is 23.7 Å². The highest BCUT2D eigenvalue weighted by Crippen LogP contribution is 2.50. The van der Waals surface area contributed by atoms with Gasteiger partial charge in [0, 0.05) is 17.8 Å². The minimum Gasteiger partial charge on any atom is -0.478 e. The van der Waals surface area contributed by atoms with Crippen LogP contribution >= 0.6 is 0 Å². The fourth-order valence-corrected chi connectivity index (χ4v) is 4.42. The minimum atomic E-state index is -1.03. The maximum atomic E-state index is 12.0. The number of hydrogen-bond acceptors (Lipinski definition) is 6. The van der Waals surface area contributed by atoms with E-state index >= 15 is 0 Å². The molecule has 140 valence electrons. The second-order valence-corrected chi connectivity index (χ2v) is 7.47. The van der Waals surface area contributed by atoms with Crippen molar-refractivity contribution in [2.75, 3.05) is 0 Å². The number of carboxylic acids is 1. The van der Waals surface area contributed by atoms with E-state index in [1.54, 1.807) is 0 Å². The Labute approximate surface area is 146 Å². The van der Waals surface area contributed by atoms with E-state index in [-0.39, 0.29) is 41.1 Å². The van der Waals surface area contributed by atoms with Gasteiger partial charge in [-0.15, -0.1) is 0 Å². The number of fused-ring (bicyclic) bond motifs is 1. The van der Waals surface area contributed by atoms with Crippen molar-refractivity contribution in [1.82, 2.24) is 0 Å². The van der Waals surface area contributed by atoms with Crippen LogP contribution in [0.2, 0.25) is 0 Å². The zero-order valence-corrected chi connectivity index (χ0v) is 14.8. The average Bonchev–Trinajstić information content (AvgIpc) is 2.89. The number of Topliss-reactive ketones (excluding diaryl/α,β-unsaturated/α-hetero) is 1. The van der Waals surface area contributed by atoms with Crippen LogP contribution in [0.1, 0.15) is 40.0 Å². The number of ketones is 1. The molecule has 1 saturated carbocycles. The fourth-order valence-electron chi connectivity index (χ4n) is 4.42. The number of carboxylic acid groups (broad SMARTS) is 1. The lowest BCUT2D eigenvalue weighted by molar-refractivity contribution is -0.305. The molecule has 1 aliphatic carbocycles. The summed E-state index contributed by atoms with van der Waals surface area (Å²) in [5.74, 6) is -1.85. The number of aliphatic carboxylic acids is 1. The van der Waals surface area contributed by atoms with Gasteiger partial charge in [-0.3, -0.25) is 4.79 Å². The zero-order valence-electron chi connectivity index (χ0n) is 14.8. The van der Waals surface area contributed by atoms with Gasteiger partial charge in [0.1, 0.15) is 11.9 Å². The van der Waals surface area contributed by atoms with Crippen LogP contribution in [0.3, 0.4) is 0 Å². The molecule has 2 N–H and O–H groups in total. The molecule has 2 heterocycles. The average molecular weight is 354 g/mol. The van der Waals surface area contributed by atoms with E-state index in [1.165, 1.54) is 13.2 Å². The lowest BCUT2D eigenvalue weighted by Crippen LogP contribution is -2.46. The molecule has 0 radical (unpaired) electrons. The van der Waals surface area contributed by atoms with E-state index in [4.69, 9.17) is 14.2 Å². The summed E-state index contributed by atoms with van der Waals surface area (Å²) in [5, 5.41) is 19.6. The van der Waals surface area contributed by atoms with Gasteiger partial charge >= 0.3 is 5.97 Å². The van der Waals surface area contributed by atoms with Crippen molar-refractivity contribution >= 4 is 11.8 Å². The Morgan fingerprint density at radius 1 is 1.24 bits per heavy atom. The molecule has 0 aromatic carbocycles. The third-order valence-electron chi connectivity index (χ3n) is 5.84. The first kappa shape index (κ1) is 18.4. The van der Waals surface area contributed by atoms with Crippen LogP contribution in [0.15, 0.2) is 11.8 Å². The van der Waals surface area contributed by atoms with Gasteiger partial charge < -0.3 is 24.4 Å². The number of rotatable bonds is 4. The number of ether oxygens (including phenoxy) is 3. The molecule has 7 nitrogen and oxygen atoms in total. The molecule has 0 bridgehead atoms. The molecule has 25 heavy (non-hydrogen) atoms. The molecular formula is C18H26O7. The first-order valence-electron chi connectivity index (χ1n) is 8.87. The molecule has 3 aliphatic rings. The van der Waals surface area contributed by atoms with Gasteiger partial charge in [0.2, 0.25) is 6.29 Å². The van der Waals surface area contributed by atoms with Crippen molar-refractivity contribution in [1.29, 1.82) is 0 Å². The molecule has 2 aliphatic heterocycles. The van der Waals surface area contributed by atoms with Crippen LogP contribution in [0, 0.1) is 23.7 Å². The number of hydrogen-bond donors (Lipinski definition) is 2. The predicted octanol–water partition coefficient (Wildman–Crippen LogP) is 1.69. The Hall–Kier alpha value is -1.44. The zero-order chi connectivity index (χ0) is 18.3. The van der Waals surface area contributed by atoms with Gasteiger partial charge in [0.15, 0.2) is 6.29 Å². The smallest absolute Gasteiger partial charge is 0.334 e. The quantitative estimate of drug-likeness (QED) is 0.792. The Morgan fingerprint density at radius 2 is 1.96 bits per heavy atom. The standard InChI is InChI=1S/C18H26O7/c1-8-4-5-14(20)17(24-8)25-18-15-9(2)11(10(3)19)6-12(15)13(7-23-18)16(21)22/h7-9,11-12,14-15,17-18,20H,4-6H2,1-3H3,(H,21,22). The predicted molar refractivity (Wildman–Crippen MR) is 86.2 cm³/mol. The van der Waals surface area contributed by atoms with E-state index < -0.39 is 24.7 Å². The Balaban J connectivity index is 1.82. The second kappa shape index (κ2) is 7.05. The van der Waals surface area contributed by atoms with E-state index in [9.17, 15) is 19.8 Å². The summed E-state index contributed by atoms with van der Waals surface area (Å²) >= 11 is 0. The molecule has 0 aromatic rings. The topological polar surface area (TPSA) is 102 Å². The molecule has 0 amide bonds. The Bertz CT molecular complexity index is 572. The lowest BCUT2D eigenvalue weighted by Gasteiger charge is -2.39. The van der Waals surface area contributed by atoms with Crippen molar-refractivity contribution < 1.29 is 34.0 Å². The van der Waals surface area contributed by atoms with Crippen molar-refractivity contribution in [3.63, 3.8) is 0 Å². The van der Waals surface area contributed by atoms with Gasteiger partial charge in [0.25, 0.3) is 0 Å². The first-order chi connectivity index (χ1) is 11.8. The van der Waals surface area contributed by atoms with Crippen LogP contribution in [-0.2, 0) is 23.8 Å². The van der Waals surface area contributed by atoms with Crippen molar-refractivity contribution in [3.05, 3.63) is 11.8 Å². The summed E-state index contributed by atoms with van der Waals surface area (Å²) in [4.78, 5) is 23.5. The van der Waals surface area contributed by atoms with E-state index in [0.717, 1.165) is 6.42 Å². The van der Waals surface area contributed by atoms with Crippen LogP contribution in [0.4, 0.5) is 0 Å². The maximum absolute atomic E-state index is 12.0. The third kappa shape index (κ3) is 3.45. The third-order valence-corrected chi connectivity index (χ3v) is 5.84.